The number of hydrogen-bond donors (Lipinski definition) is 1. The molecule has 94 valence electrons. The van der Waals surface area contributed by atoms with Crippen molar-refractivity contribution in [2.75, 3.05) is 5.32 Å². The third-order valence-corrected chi connectivity index (χ3v) is 2.30. The number of amides is 1. The summed E-state index contributed by atoms with van der Waals surface area (Å²) < 4.78 is 5.48. The molecule has 0 aliphatic heterocycles. The van der Waals surface area contributed by atoms with Gasteiger partial charge in [0.1, 0.15) is 5.95 Å². The van der Waals surface area contributed by atoms with Crippen molar-refractivity contribution in [2.24, 2.45) is 0 Å². The average molecular weight is 247 g/mol. The standard InChI is InChI=1S/C12H13N3O3/c1-8-3-9(2)5-10(4-8)13-11(16)6-15-7-12(17)18-14-15/h3-5,7H,6H2,1-2H3,(H-,13,14,16,17). The van der Waals surface area contributed by atoms with E-state index in [9.17, 15) is 9.90 Å². The molecule has 0 atom stereocenters. The van der Waals surface area contributed by atoms with E-state index in [4.69, 9.17) is 0 Å². The first kappa shape index (κ1) is 12.1. The number of hydrogen-bond acceptors (Lipinski definition) is 4. The van der Waals surface area contributed by atoms with Crippen LogP contribution in [0.2, 0.25) is 0 Å². The molecule has 1 aromatic carbocycles. The lowest BCUT2D eigenvalue weighted by molar-refractivity contribution is -0.750. The maximum Gasteiger partial charge on any atom is 0.292 e. The molecule has 0 saturated carbocycles. The molecule has 0 unspecified atom stereocenters. The van der Waals surface area contributed by atoms with Gasteiger partial charge in [-0.2, -0.15) is 0 Å². The highest BCUT2D eigenvalue weighted by Gasteiger charge is 2.12. The van der Waals surface area contributed by atoms with Crippen LogP contribution in [-0.2, 0) is 11.3 Å². The van der Waals surface area contributed by atoms with E-state index < -0.39 is 5.95 Å². The molecule has 1 amide bonds. The van der Waals surface area contributed by atoms with Crippen LogP contribution in [0.5, 0.6) is 5.95 Å². The fourth-order valence-corrected chi connectivity index (χ4v) is 1.73. The Kier molecular flexibility index (Phi) is 3.27. The lowest BCUT2D eigenvalue weighted by Gasteiger charge is -2.05. The molecular weight excluding hydrogens is 234 g/mol. The predicted octanol–water partition coefficient (Wildman–Crippen LogP) is 0.291. The van der Waals surface area contributed by atoms with Crippen molar-refractivity contribution in [3.05, 3.63) is 35.5 Å². The van der Waals surface area contributed by atoms with Crippen molar-refractivity contribution in [3.8, 4) is 5.95 Å². The summed E-state index contributed by atoms with van der Waals surface area (Å²) in [5, 5.41) is 16.9. The summed E-state index contributed by atoms with van der Waals surface area (Å²) in [7, 11) is 0. The minimum absolute atomic E-state index is 0.0568. The number of anilines is 1. The Morgan fingerprint density at radius 2 is 2.06 bits per heavy atom. The molecule has 0 bridgehead atoms. The molecule has 6 nitrogen and oxygen atoms in total. The number of carbonyl (C=O) groups is 1. The normalized spacial score (nSPS) is 10.3. The summed E-state index contributed by atoms with van der Waals surface area (Å²) in [5.41, 5.74) is 2.87. The van der Waals surface area contributed by atoms with E-state index in [1.165, 1.54) is 0 Å². The zero-order valence-electron chi connectivity index (χ0n) is 10.1. The van der Waals surface area contributed by atoms with Crippen LogP contribution in [0.1, 0.15) is 11.1 Å². The van der Waals surface area contributed by atoms with Crippen LogP contribution in [0, 0.1) is 13.8 Å². The number of rotatable bonds is 3. The molecule has 0 fully saturated rings. The summed E-state index contributed by atoms with van der Waals surface area (Å²) in [4.78, 5) is 11.7. The van der Waals surface area contributed by atoms with Crippen LogP contribution < -0.4 is 15.1 Å². The van der Waals surface area contributed by atoms with Gasteiger partial charge in [-0.25, -0.2) is 0 Å². The van der Waals surface area contributed by atoms with Crippen molar-refractivity contribution >= 4 is 11.6 Å². The van der Waals surface area contributed by atoms with Crippen molar-refractivity contribution in [2.45, 2.75) is 20.4 Å². The number of nitrogens with zero attached hydrogens (tertiary/aromatic N) is 2. The van der Waals surface area contributed by atoms with Gasteiger partial charge in [0.05, 0.1) is 5.27 Å². The minimum Gasteiger partial charge on any atom is -0.539 e. The van der Waals surface area contributed by atoms with Crippen molar-refractivity contribution < 1.29 is 19.1 Å². The van der Waals surface area contributed by atoms with Gasteiger partial charge in [-0.3, -0.25) is 4.79 Å². The summed E-state index contributed by atoms with van der Waals surface area (Å²) in [6.07, 6.45) is 1.13. The molecule has 18 heavy (non-hydrogen) atoms. The molecule has 1 heterocycles. The second-order valence-corrected chi connectivity index (χ2v) is 4.14. The number of benzene rings is 1. The monoisotopic (exact) mass is 247 g/mol. The highest BCUT2D eigenvalue weighted by molar-refractivity contribution is 5.89. The van der Waals surface area contributed by atoms with Crippen molar-refractivity contribution in [1.82, 2.24) is 5.27 Å². The molecular formula is C12H13N3O3. The fourth-order valence-electron chi connectivity index (χ4n) is 1.73. The second-order valence-electron chi connectivity index (χ2n) is 4.14. The van der Waals surface area contributed by atoms with Gasteiger partial charge in [0.2, 0.25) is 6.20 Å². The molecule has 2 aromatic rings. The van der Waals surface area contributed by atoms with E-state index in [0.717, 1.165) is 27.7 Å². The highest BCUT2D eigenvalue weighted by Crippen LogP contribution is 2.13. The van der Waals surface area contributed by atoms with Gasteiger partial charge in [-0.15, -0.1) is 0 Å². The largest absolute Gasteiger partial charge is 0.539 e. The van der Waals surface area contributed by atoms with E-state index >= 15 is 0 Å². The molecule has 6 heteroatoms. The number of nitrogens with one attached hydrogen (secondary N) is 1. The third kappa shape index (κ3) is 3.07. The quantitative estimate of drug-likeness (QED) is 0.790. The Hall–Kier alpha value is -2.37. The Labute approximate surface area is 104 Å². The number of aromatic nitrogens is 2. The van der Waals surface area contributed by atoms with Gasteiger partial charge in [0.15, 0.2) is 0 Å². The average Bonchev–Trinajstić information content (AvgIpc) is 2.61. The molecule has 1 N–H and O–H groups in total. The molecule has 0 radical (unpaired) electrons. The molecule has 0 saturated heterocycles. The van der Waals surface area contributed by atoms with Crippen LogP contribution in [0.4, 0.5) is 5.69 Å². The van der Waals surface area contributed by atoms with Crippen LogP contribution >= 0.6 is 0 Å². The number of carbonyl (C=O) groups excluding carboxylic acids is 1. The maximum atomic E-state index is 11.7. The highest BCUT2D eigenvalue weighted by atomic mass is 16.6. The first-order valence-electron chi connectivity index (χ1n) is 5.44. The first-order valence-corrected chi connectivity index (χ1v) is 5.44. The van der Waals surface area contributed by atoms with E-state index in [1.54, 1.807) is 0 Å². The Balaban J connectivity index is 2.02. The number of aryl methyl sites for hydroxylation is 2. The zero-order valence-corrected chi connectivity index (χ0v) is 10.1. The summed E-state index contributed by atoms with van der Waals surface area (Å²) in [6.45, 7) is 3.86. The van der Waals surface area contributed by atoms with E-state index in [1.807, 2.05) is 32.0 Å². The molecule has 1 aromatic heterocycles. The topological polar surface area (TPSA) is 82.1 Å². The maximum absolute atomic E-state index is 11.7. The van der Waals surface area contributed by atoms with Gasteiger partial charge in [0.25, 0.3) is 12.5 Å². The second kappa shape index (κ2) is 4.87. The minimum atomic E-state index is -0.575. The summed E-state index contributed by atoms with van der Waals surface area (Å²) in [6, 6.07) is 5.76. The van der Waals surface area contributed by atoms with Gasteiger partial charge in [-0.05, 0) is 37.1 Å². The lowest BCUT2D eigenvalue weighted by Crippen LogP contribution is -2.41. The fraction of sp³-hybridized carbons (Fsp3) is 0.250. The van der Waals surface area contributed by atoms with Gasteiger partial charge in [-0.1, -0.05) is 10.7 Å². The van der Waals surface area contributed by atoms with E-state index in [-0.39, 0.29) is 12.5 Å². The molecule has 0 spiro atoms. The Morgan fingerprint density at radius 1 is 1.39 bits per heavy atom. The van der Waals surface area contributed by atoms with Crippen LogP contribution in [0.15, 0.2) is 28.9 Å². The van der Waals surface area contributed by atoms with Crippen LogP contribution in [-0.4, -0.2) is 11.2 Å². The molecule has 2 rings (SSSR count). The Bertz CT molecular complexity index is 557. The van der Waals surface area contributed by atoms with Crippen LogP contribution in [0.25, 0.3) is 0 Å². The van der Waals surface area contributed by atoms with Crippen molar-refractivity contribution in [3.63, 3.8) is 0 Å². The van der Waals surface area contributed by atoms with Crippen LogP contribution in [0.3, 0.4) is 0 Å². The van der Waals surface area contributed by atoms with Gasteiger partial charge < -0.3 is 14.9 Å². The molecule has 0 aliphatic carbocycles. The lowest BCUT2D eigenvalue weighted by atomic mass is 10.1. The first-order chi connectivity index (χ1) is 8.52. The smallest absolute Gasteiger partial charge is 0.292 e. The third-order valence-electron chi connectivity index (χ3n) is 2.30. The SMILES string of the molecule is Cc1cc(C)cc(NC(=O)C[n+]2cc([O-])on2)c1. The summed E-state index contributed by atoms with van der Waals surface area (Å²) >= 11 is 0. The zero-order chi connectivity index (χ0) is 13.1. The van der Waals surface area contributed by atoms with E-state index in [0.29, 0.717) is 0 Å². The van der Waals surface area contributed by atoms with Gasteiger partial charge >= 0.3 is 0 Å². The van der Waals surface area contributed by atoms with Crippen molar-refractivity contribution in [1.29, 1.82) is 0 Å². The van der Waals surface area contributed by atoms with E-state index in [2.05, 4.69) is 15.1 Å². The molecule has 0 aliphatic rings. The Morgan fingerprint density at radius 3 is 2.61 bits per heavy atom. The van der Waals surface area contributed by atoms with Gasteiger partial charge in [0, 0.05) is 5.69 Å². The predicted molar refractivity (Wildman–Crippen MR) is 60.7 cm³/mol. The summed E-state index contributed by atoms with van der Waals surface area (Å²) in [5.74, 6) is -0.840.